The van der Waals surface area contributed by atoms with Gasteiger partial charge in [0.15, 0.2) is 11.5 Å². The lowest BCUT2D eigenvalue weighted by molar-refractivity contribution is 0.110. The first-order chi connectivity index (χ1) is 15.2. The van der Waals surface area contributed by atoms with E-state index < -0.39 is 0 Å². The highest BCUT2D eigenvalue weighted by atomic mass is 16.5. The van der Waals surface area contributed by atoms with Crippen LogP contribution >= 0.6 is 0 Å². The summed E-state index contributed by atoms with van der Waals surface area (Å²) in [5, 5.41) is 4.62. The van der Waals surface area contributed by atoms with Crippen molar-refractivity contribution < 1.29 is 9.15 Å². The minimum absolute atomic E-state index is 0.131. The Labute approximate surface area is 176 Å². The minimum Gasteiger partial charge on any atom is -0.443 e. The van der Waals surface area contributed by atoms with Crippen LogP contribution < -0.4 is 5.73 Å². The summed E-state index contributed by atoms with van der Waals surface area (Å²) in [7, 11) is 0. The number of nitrogen functional groups attached to an aromatic ring is 1. The predicted octanol–water partition coefficient (Wildman–Crippen LogP) is 2.71. The van der Waals surface area contributed by atoms with E-state index in [9.17, 15) is 0 Å². The first-order valence-corrected chi connectivity index (χ1v) is 10.2. The van der Waals surface area contributed by atoms with Gasteiger partial charge < -0.3 is 19.3 Å². The molecule has 6 heterocycles. The number of oxazole rings is 1. The van der Waals surface area contributed by atoms with Crippen molar-refractivity contribution in [2.24, 2.45) is 0 Å². The van der Waals surface area contributed by atoms with Crippen LogP contribution in [0.15, 0.2) is 41.4 Å². The van der Waals surface area contributed by atoms with Crippen LogP contribution in [0.4, 0.5) is 5.95 Å². The number of aryl methyl sites for hydroxylation is 1. The number of imidazole rings is 1. The number of hydrogen-bond acceptors (Lipinski definition) is 8. The van der Waals surface area contributed by atoms with Gasteiger partial charge in [-0.1, -0.05) is 0 Å². The lowest BCUT2D eigenvalue weighted by Gasteiger charge is -2.10. The molecule has 1 unspecified atom stereocenters. The van der Waals surface area contributed by atoms with E-state index in [4.69, 9.17) is 19.9 Å². The van der Waals surface area contributed by atoms with Crippen LogP contribution in [-0.4, -0.2) is 46.7 Å². The van der Waals surface area contributed by atoms with Gasteiger partial charge in [0.05, 0.1) is 17.9 Å². The Kier molecular flexibility index (Phi) is 4.00. The number of nitrogens with zero attached hydrogens (tertiary/aromatic N) is 7. The fourth-order valence-corrected chi connectivity index (χ4v) is 4.11. The Balaban J connectivity index is 1.60. The van der Waals surface area contributed by atoms with Gasteiger partial charge in [0.25, 0.3) is 0 Å². The third-order valence-corrected chi connectivity index (χ3v) is 5.60. The molecule has 5 aromatic heterocycles. The molecule has 0 spiro atoms. The normalized spacial score (nSPS) is 16.6. The summed E-state index contributed by atoms with van der Waals surface area (Å²) >= 11 is 0. The molecule has 6 rings (SSSR count). The van der Waals surface area contributed by atoms with Crippen LogP contribution in [0, 0.1) is 6.92 Å². The number of anilines is 1. The van der Waals surface area contributed by atoms with Crippen molar-refractivity contribution in [1.82, 2.24) is 34.0 Å². The van der Waals surface area contributed by atoms with Crippen molar-refractivity contribution in [1.29, 1.82) is 0 Å². The van der Waals surface area contributed by atoms with E-state index in [0.717, 1.165) is 41.9 Å². The van der Waals surface area contributed by atoms with Crippen molar-refractivity contribution in [2.45, 2.75) is 32.3 Å². The second-order valence-electron chi connectivity index (χ2n) is 7.68. The SMILES string of the molecule is Cc1cnc2ccc(-c3c(-c4ncco4)nc(N)n4nc(CC5CCCO5)nc34)cn12. The third-order valence-electron chi connectivity index (χ3n) is 5.60. The van der Waals surface area contributed by atoms with Crippen molar-refractivity contribution in [3.05, 3.63) is 48.5 Å². The van der Waals surface area contributed by atoms with Gasteiger partial charge >= 0.3 is 0 Å². The van der Waals surface area contributed by atoms with Gasteiger partial charge in [-0.3, -0.25) is 0 Å². The van der Waals surface area contributed by atoms with Crippen LogP contribution in [0.1, 0.15) is 24.4 Å². The number of hydrogen-bond donors (Lipinski definition) is 1. The van der Waals surface area contributed by atoms with Crippen LogP contribution in [0.25, 0.3) is 34.0 Å². The summed E-state index contributed by atoms with van der Waals surface area (Å²) in [6, 6.07) is 3.94. The molecule has 1 atom stereocenters. The molecule has 0 radical (unpaired) electrons. The summed E-state index contributed by atoms with van der Waals surface area (Å²) in [4.78, 5) is 18.1. The number of aromatic nitrogens is 7. The molecule has 31 heavy (non-hydrogen) atoms. The van der Waals surface area contributed by atoms with Gasteiger partial charge in [-0.15, -0.1) is 5.10 Å². The number of rotatable bonds is 4. The van der Waals surface area contributed by atoms with E-state index in [-0.39, 0.29) is 12.1 Å². The molecule has 10 nitrogen and oxygen atoms in total. The second-order valence-corrected chi connectivity index (χ2v) is 7.68. The van der Waals surface area contributed by atoms with Crippen LogP contribution in [0.2, 0.25) is 0 Å². The quantitative estimate of drug-likeness (QED) is 0.475. The third kappa shape index (κ3) is 2.95. The topological polar surface area (TPSA) is 122 Å². The highest BCUT2D eigenvalue weighted by molar-refractivity contribution is 5.88. The smallest absolute Gasteiger partial charge is 0.245 e. The van der Waals surface area contributed by atoms with E-state index in [0.29, 0.717) is 29.5 Å². The Morgan fingerprint density at radius 2 is 2.16 bits per heavy atom. The molecule has 156 valence electrons. The average Bonchev–Trinajstić information content (AvgIpc) is 3.56. The molecular weight excluding hydrogens is 396 g/mol. The summed E-state index contributed by atoms with van der Waals surface area (Å²) in [5.41, 5.74) is 10.9. The minimum atomic E-state index is 0.131. The average molecular weight is 416 g/mol. The fourth-order valence-electron chi connectivity index (χ4n) is 4.11. The summed E-state index contributed by atoms with van der Waals surface area (Å²) in [6.07, 6.45) is 9.77. The van der Waals surface area contributed by atoms with Gasteiger partial charge in [-0.2, -0.15) is 4.52 Å². The van der Waals surface area contributed by atoms with Crippen molar-refractivity contribution in [2.75, 3.05) is 12.3 Å². The van der Waals surface area contributed by atoms with Gasteiger partial charge in [-0.05, 0) is 31.9 Å². The molecule has 5 aromatic rings. The van der Waals surface area contributed by atoms with E-state index in [2.05, 4.69) is 20.1 Å². The van der Waals surface area contributed by atoms with Gasteiger partial charge in [-0.25, -0.2) is 19.9 Å². The first kappa shape index (κ1) is 18.0. The maximum absolute atomic E-state index is 6.26. The lowest BCUT2D eigenvalue weighted by Crippen LogP contribution is -2.10. The second kappa shape index (κ2) is 6.88. The molecule has 1 fully saturated rings. The lowest BCUT2D eigenvalue weighted by atomic mass is 10.1. The molecule has 0 aliphatic carbocycles. The molecule has 1 saturated heterocycles. The van der Waals surface area contributed by atoms with Gasteiger partial charge in [0, 0.05) is 36.7 Å². The van der Waals surface area contributed by atoms with Gasteiger partial charge in [0.2, 0.25) is 11.8 Å². The van der Waals surface area contributed by atoms with E-state index >= 15 is 0 Å². The standard InChI is InChI=1S/C21H20N8O2/c1-12-10-24-16-5-4-13(11-28(12)16)17-18(20-23-6-8-31-20)26-21(22)29-19(17)25-15(27-29)9-14-3-2-7-30-14/h4-6,8,10-11,14H,2-3,7,9H2,1H3,(H2,22,26). The molecule has 0 bridgehead atoms. The molecule has 10 heteroatoms. The maximum atomic E-state index is 6.26. The highest BCUT2D eigenvalue weighted by Gasteiger charge is 2.24. The molecule has 1 aliphatic heterocycles. The van der Waals surface area contributed by atoms with Gasteiger partial charge in [0.1, 0.15) is 17.6 Å². The predicted molar refractivity (Wildman–Crippen MR) is 112 cm³/mol. The Hall–Kier alpha value is -3.79. The van der Waals surface area contributed by atoms with Crippen molar-refractivity contribution >= 4 is 17.2 Å². The largest absolute Gasteiger partial charge is 0.443 e. The Morgan fingerprint density at radius 1 is 1.23 bits per heavy atom. The number of fused-ring (bicyclic) bond motifs is 2. The molecule has 0 aromatic carbocycles. The molecule has 0 saturated carbocycles. The molecular formula is C21H20N8O2. The van der Waals surface area contributed by atoms with E-state index in [1.165, 1.54) is 6.26 Å². The van der Waals surface area contributed by atoms with Crippen LogP contribution in [0.3, 0.4) is 0 Å². The van der Waals surface area contributed by atoms with Crippen LogP contribution in [-0.2, 0) is 11.2 Å². The van der Waals surface area contributed by atoms with Crippen molar-refractivity contribution in [3.63, 3.8) is 0 Å². The van der Waals surface area contributed by atoms with Crippen LogP contribution in [0.5, 0.6) is 0 Å². The summed E-state index contributed by atoms with van der Waals surface area (Å²) < 4.78 is 14.9. The van der Waals surface area contributed by atoms with E-state index in [1.54, 1.807) is 10.7 Å². The molecule has 2 N–H and O–H groups in total. The number of pyridine rings is 1. The molecule has 0 amide bonds. The zero-order valence-corrected chi connectivity index (χ0v) is 16.9. The maximum Gasteiger partial charge on any atom is 0.245 e. The molecule has 1 aliphatic rings. The Bertz CT molecular complexity index is 1400. The first-order valence-electron chi connectivity index (χ1n) is 10.2. The van der Waals surface area contributed by atoms with Crippen molar-refractivity contribution in [3.8, 4) is 22.7 Å². The number of nitrogens with two attached hydrogens (primary N) is 1. The zero-order valence-electron chi connectivity index (χ0n) is 16.9. The fraction of sp³-hybridized carbons (Fsp3) is 0.286. The zero-order chi connectivity index (χ0) is 20.9. The summed E-state index contributed by atoms with van der Waals surface area (Å²) in [6.45, 7) is 2.79. The monoisotopic (exact) mass is 416 g/mol. The Morgan fingerprint density at radius 3 is 2.97 bits per heavy atom. The number of ether oxygens (including phenoxy) is 1. The summed E-state index contributed by atoms with van der Waals surface area (Å²) in [5.74, 6) is 1.26. The van der Waals surface area contributed by atoms with E-state index in [1.807, 2.05) is 35.9 Å². The highest BCUT2D eigenvalue weighted by Crippen LogP contribution is 2.34.